The molecular weight excluding hydrogens is 272 g/mol. The molecule has 1 unspecified atom stereocenters. The predicted molar refractivity (Wildman–Crippen MR) is 77.1 cm³/mol. The molecule has 0 aliphatic carbocycles. The minimum absolute atomic E-state index is 0.0188. The predicted octanol–water partition coefficient (Wildman–Crippen LogP) is 1.26. The van der Waals surface area contributed by atoms with Gasteiger partial charge in [-0.15, -0.1) is 0 Å². The van der Waals surface area contributed by atoms with Crippen LogP contribution in [0.4, 0.5) is 5.69 Å². The zero-order chi connectivity index (χ0) is 15.6. The van der Waals surface area contributed by atoms with Crippen LogP contribution >= 0.6 is 0 Å². The molecule has 1 fully saturated rings. The van der Waals surface area contributed by atoms with Crippen LogP contribution in [0.1, 0.15) is 30.6 Å². The third-order valence-corrected chi connectivity index (χ3v) is 3.34. The summed E-state index contributed by atoms with van der Waals surface area (Å²) in [5, 5.41) is 11.7. The number of amides is 2. The maximum atomic E-state index is 11.8. The normalized spacial score (nSPS) is 18.1. The molecule has 1 atom stereocenters. The van der Waals surface area contributed by atoms with E-state index >= 15 is 0 Å². The molecule has 0 aromatic heterocycles. The van der Waals surface area contributed by atoms with Crippen LogP contribution in [0.5, 0.6) is 0 Å². The van der Waals surface area contributed by atoms with Crippen molar-refractivity contribution in [2.24, 2.45) is 5.92 Å². The number of carbonyl (C=O) groups excluding carboxylic acids is 2. The van der Waals surface area contributed by atoms with Crippen LogP contribution in [0.3, 0.4) is 0 Å². The first kappa shape index (κ1) is 15.0. The molecule has 112 valence electrons. The first-order chi connectivity index (χ1) is 9.88. The van der Waals surface area contributed by atoms with Crippen molar-refractivity contribution >= 4 is 23.5 Å². The molecule has 6 nitrogen and oxygen atoms in total. The largest absolute Gasteiger partial charge is 0.481 e. The van der Waals surface area contributed by atoms with Crippen LogP contribution in [0, 0.1) is 5.92 Å². The SMILES string of the molecule is CC(C)NC(=O)c1ccc(N2CC(C(=O)O)CC2=O)cc1. The fraction of sp³-hybridized carbons (Fsp3) is 0.400. The van der Waals surface area contributed by atoms with Gasteiger partial charge in [0.1, 0.15) is 0 Å². The summed E-state index contributed by atoms with van der Waals surface area (Å²) < 4.78 is 0. The summed E-state index contributed by atoms with van der Waals surface area (Å²) in [5.41, 5.74) is 1.12. The van der Waals surface area contributed by atoms with Crippen LogP contribution in [-0.2, 0) is 9.59 Å². The van der Waals surface area contributed by atoms with Crippen molar-refractivity contribution in [1.29, 1.82) is 0 Å². The van der Waals surface area contributed by atoms with Gasteiger partial charge in [-0.05, 0) is 38.1 Å². The van der Waals surface area contributed by atoms with E-state index in [1.807, 2.05) is 13.8 Å². The summed E-state index contributed by atoms with van der Waals surface area (Å²) in [5.74, 6) is -2.00. The summed E-state index contributed by atoms with van der Waals surface area (Å²) in [6.45, 7) is 3.92. The number of carboxylic acids is 1. The second-order valence-corrected chi connectivity index (χ2v) is 5.42. The van der Waals surface area contributed by atoms with Gasteiger partial charge in [0.25, 0.3) is 5.91 Å². The van der Waals surface area contributed by atoms with Crippen molar-refractivity contribution < 1.29 is 19.5 Å². The zero-order valence-electron chi connectivity index (χ0n) is 12.0. The molecule has 1 heterocycles. The van der Waals surface area contributed by atoms with Crippen molar-refractivity contribution in [3.05, 3.63) is 29.8 Å². The highest BCUT2D eigenvalue weighted by Crippen LogP contribution is 2.25. The summed E-state index contributed by atoms with van der Waals surface area (Å²) in [7, 11) is 0. The van der Waals surface area contributed by atoms with E-state index in [0.717, 1.165) is 0 Å². The number of rotatable bonds is 4. The third kappa shape index (κ3) is 3.39. The lowest BCUT2D eigenvalue weighted by Crippen LogP contribution is -2.30. The Labute approximate surface area is 122 Å². The Morgan fingerprint density at radius 3 is 2.38 bits per heavy atom. The van der Waals surface area contributed by atoms with Crippen LogP contribution in [0.25, 0.3) is 0 Å². The van der Waals surface area contributed by atoms with Gasteiger partial charge in [-0.1, -0.05) is 0 Å². The number of anilines is 1. The Bertz CT molecular complexity index is 566. The van der Waals surface area contributed by atoms with Crippen LogP contribution in [-0.4, -0.2) is 35.5 Å². The molecule has 2 rings (SSSR count). The molecule has 1 aliphatic rings. The maximum Gasteiger partial charge on any atom is 0.308 e. The first-order valence-corrected chi connectivity index (χ1v) is 6.82. The minimum atomic E-state index is -0.959. The molecule has 0 bridgehead atoms. The molecule has 1 aliphatic heterocycles. The molecule has 1 aromatic rings. The standard InChI is InChI=1S/C15H18N2O4/c1-9(2)16-14(19)10-3-5-12(6-4-10)17-8-11(15(20)21)7-13(17)18/h3-6,9,11H,7-8H2,1-2H3,(H,16,19)(H,20,21). The number of aliphatic carboxylic acids is 1. The Hall–Kier alpha value is -2.37. The van der Waals surface area contributed by atoms with Crippen LogP contribution < -0.4 is 10.2 Å². The average molecular weight is 290 g/mol. The Kier molecular flexibility index (Phi) is 4.26. The van der Waals surface area contributed by atoms with E-state index < -0.39 is 11.9 Å². The van der Waals surface area contributed by atoms with E-state index in [1.165, 1.54) is 4.90 Å². The van der Waals surface area contributed by atoms with Crippen LogP contribution in [0.15, 0.2) is 24.3 Å². The van der Waals surface area contributed by atoms with Gasteiger partial charge in [-0.2, -0.15) is 0 Å². The van der Waals surface area contributed by atoms with Crippen molar-refractivity contribution in [3.8, 4) is 0 Å². The lowest BCUT2D eigenvalue weighted by molar-refractivity contribution is -0.141. The van der Waals surface area contributed by atoms with E-state index in [0.29, 0.717) is 11.3 Å². The summed E-state index contributed by atoms with van der Waals surface area (Å²) in [4.78, 5) is 36.0. The maximum absolute atomic E-state index is 11.8. The number of carboxylic acid groups (broad SMARTS) is 1. The molecule has 2 amide bonds. The molecule has 2 N–H and O–H groups in total. The lowest BCUT2D eigenvalue weighted by Gasteiger charge is -2.16. The number of nitrogens with one attached hydrogen (secondary N) is 1. The van der Waals surface area contributed by atoms with Gasteiger partial charge in [0.05, 0.1) is 5.92 Å². The highest BCUT2D eigenvalue weighted by atomic mass is 16.4. The van der Waals surface area contributed by atoms with Crippen LogP contribution in [0.2, 0.25) is 0 Å². The second kappa shape index (κ2) is 5.95. The lowest BCUT2D eigenvalue weighted by atomic mass is 10.1. The second-order valence-electron chi connectivity index (χ2n) is 5.42. The number of nitrogens with zero attached hydrogens (tertiary/aromatic N) is 1. The summed E-state index contributed by atoms with van der Waals surface area (Å²) in [6.07, 6.45) is 0.0188. The zero-order valence-corrected chi connectivity index (χ0v) is 12.0. The summed E-state index contributed by atoms with van der Waals surface area (Å²) >= 11 is 0. The smallest absolute Gasteiger partial charge is 0.308 e. The number of hydrogen-bond donors (Lipinski definition) is 2. The van der Waals surface area contributed by atoms with E-state index in [2.05, 4.69) is 5.32 Å². The Morgan fingerprint density at radius 2 is 1.90 bits per heavy atom. The molecule has 21 heavy (non-hydrogen) atoms. The highest BCUT2D eigenvalue weighted by Gasteiger charge is 2.34. The van der Waals surface area contributed by atoms with Gasteiger partial charge in [-0.25, -0.2) is 0 Å². The quantitative estimate of drug-likeness (QED) is 0.874. The highest BCUT2D eigenvalue weighted by molar-refractivity contribution is 6.00. The Balaban J connectivity index is 2.11. The first-order valence-electron chi connectivity index (χ1n) is 6.82. The van der Waals surface area contributed by atoms with Crippen molar-refractivity contribution in [2.45, 2.75) is 26.3 Å². The number of hydrogen-bond acceptors (Lipinski definition) is 3. The fourth-order valence-corrected chi connectivity index (χ4v) is 2.26. The molecule has 6 heteroatoms. The van der Waals surface area contributed by atoms with Crippen molar-refractivity contribution in [3.63, 3.8) is 0 Å². The van der Waals surface area contributed by atoms with E-state index in [1.54, 1.807) is 24.3 Å². The number of carbonyl (C=O) groups is 3. The molecule has 0 radical (unpaired) electrons. The van der Waals surface area contributed by atoms with Crippen molar-refractivity contribution in [1.82, 2.24) is 5.32 Å². The van der Waals surface area contributed by atoms with E-state index in [9.17, 15) is 14.4 Å². The van der Waals surface area contributed by atoms with Gasteiger partial charge >= 0.3 is 5.97 Å². The fourth-order valence-electron chi connectivity index (χ4n) is 2.26. The van der Waals surface area contributed by atoms with Gasteiger partial charge in [0, 0.05) is 30.3 Å². The van der Waals surface area contributed by atoms with E-state index in [-0.39, 0.29) is 30.8 Å². The van der Waals surface area contributed by atoms with E-state index in [4.69, 9.17) is 5.11 Å². The average Bonchev–Trinajstić information content (AvgIpc) is 2.80. The topological polar surface area (TPSA) is 86.7 Å². The summed E-state index contributed by atoms with van der Waals surface area (Å²) in [6, 6.07) is 6.64. The molecule has 1 saturated heterocycles. The van der Waals surface area contributed by atoms with Crippen molar-refractivity contribution in [2.75, 3.05) is 11.4 Å². The minimum Gasteiger partial charge on any atom is -0.481 e. The van der Waals surface area contributed by atoms with Gasteiger partial charge < -0.3 is 15.3 Å². The molecule has 0 saturated carbocycles. The third-order valence-electron chi connectivity index (χ3n) is 3.34. The molecular formula is C15H18N2O4. The van der Waals surface area contributed by atoms with Gasteiger partial charge in [-0.3, -0.25) is 14.4 Å². The molecule has 1 aromatic carbocycles. The molecule has 0 spiro atoms. The monoisotopic (exact) mass is 290 g/mol. The van der Waals surface area contributed by atoms with Gasteiger partial charge in [0.15, 0.2) is 0 Å². The number of benzene rings is 1. The van der Waals surface area contributed by atoms with Gasteiger partial charge in [0.2, 0.25) is 5.91 Å². The Morgan fingerprint density at radius 1 is 1.29 bits per heavy atom.